The highest BCUT2D eigenvalue weighted by Crippen LogP contribution is 2.16. The van der Waals surface area contributed by atoms with Crippen LogP contribution in [0.1, 0.15) is 61.4 Å². The zero-order valence-electron chi connectivity index (χ0n) is 15.8. The first kappa shape index (κ1) is 19.9. The Morgan fingerprint density at radius 2 is 1.58 bits per heavy atom. The SMILES string of the molecule is CCCCCC/C=C/[C@@H](/C=C/c1ccccc1)CC(=O)c1ccccc1. The summed E-state index contributed by atoms with van der Waals surface area (Å²) >= 11 is 0. The van der Waals surface area contributed by atoms with Gasteiger partial charge < -0.3 is 0 Å². The smallest absolute Gasteiger partial charge is 0.163 e. The zero-order valence-corrected chi connectivity index (χ0v) is 15.8. The van der Waals surface area contributed by atoms with E-state index in [0.717, 1.165) is 12.0 Å². The highest BCUT2D eigenvalue weighted by Gasteiger charge is 2.10. The number of Topliss-reactive ketones (excluding diaryl/α,β-unsaturated/α-hetero) is 1. The average Bonchev–Trinajstić information content (AvgIpc) is 2.70. The normalized spacial score (nSPS) is 12.7. The summed E-state index contributed by atoms with van der Waals surface area (Å²) < 4.78 is 0. The van der Waals surface area contributed by atoms with E-state index in [1.165, 1.54) is 31.2 Å². The lowest BCUT2D eigenvalue weighted by molar-refractivity contribution is 0.0975. The molecule has 0 saturated heterocycles. The summed E-state index contributed by atoms with van der Waals surface area (Å²) in [7, 11) is 0. The molecule has 2 rings (SSSR count). The van der Waals surface area contributed by atoms with Gasteiger partial charge in [-0.1, -0.05) is 111 Å². The second kappa shape index (κ2) is 12.0. The molecule has 0 N–H and O–H groups in total. The first-order valence-corrected chi connectivity index (χ1v) is 9.77. The summed E-state index contributed by atoms with van der Waals surface area (Å²) in [4.78, 5) is 12.6. The Bertz CT molecular complexity index is 683. The maximum Gasteiger partial charge on any atom is 0.163 e. The quantitative estimate of drug-likeness (QED) is 0.240. The maximum atomic E-state index is 12.6. The largest absolute Gasteiger partial charge is 0.294 e. The summed E-state index contributed by atoms with van der Waals surface area (Å²) in [5.74, 6) is 0.332. The Balaban J connectivity index is 1.99. The van der Waals surface area contributed by atoms with Gasteiger partial charge in [0.1, 0.15) is 0 Å². The zero-order chi connectivity index (χ0) is 18.5. The Morgan fingerprint density at radius 1 is 0.885 bits per heavy atom. The van der Waals surface area contributed by atoms with Crippen LogP contribution in [0.25, 0.3) is 6.08 Å². The molecule has 0 spiro atoms. The molecule has 0 aliphatic rings. The number of unbranched alkanes of at least 4 members (excludes halogenated alkanes) is 4. The predicted molar refractivity (Wildman–Crippen MR) is 112 cm³/mol. The van der Waals surface area contributed by atoms with Crippen molar-refractivity contribution < 1.29 is 4.79 Å². The maximum absolute atomic E-state index is 12.6. The lowest BCUT2D eigenvalue weighted by Gasteiger charge is -2.08. The molecular weight excluding hydrogens is 316 g/mol. The molecule has 2 aromatic carbocycles. The fourth-order valence-corrected chi connectivity index (χ4v) is 2.92. The van der Waals surface area contributed by atoms with Crippen molar-refractivity contribution in [3.05, 3.63) is 90.0 Å². The number of ketones is 1. The Morgan fingerprint density at radius 3 is 2.27 bits per heavy atom. The second-order valence-electron chi connectivity index (χ2n) is 6.70. The Labute approximate surface area is 158 Å². The van der Waals surface area contributed by atoms with Gasteiger partial charge in [0.05, 0.1) is 0 Å². The van der Waals surface area contributed by atoms with Crippen LogP contribution in [-0.4, -0.2) is 5.78 Å². The molecule has 136 valence electrons. The minimum Gasteiger partial charge on any atom is -0.294 e. The third-order valence-corrected chi connectivity index (χ3v) is 4.46. The van der Waals surface area contributed by atoms with E-state index in [2.05, 4.69) is 43.4 Å². The standard InChI is InChI=1S/C25H30O/c1-2-3-4-5-6-9-16-23(20-19-22-14-10-7-11-15-22)21-25(26)24-17-12-8-13-18-24/h7-20,23H,2-6,21H2,1H3/b16-9+,20-19+/t23-/m0/s1. The van der Waals surface area contributed by atoms with Crippen LogP contribution >= 0.6 is 0 Å². The number of rotatable bonds is 11. The highest BCUT2D eigenvalue weighted by atomic mass is 16.1. The number of hydrogen-bond donors (Lipinski definition) is 0. The minimum atomic E-state index is 0.133. The summed E-state index contributed by atoms with van der Waals surface area (Å²) in [5.41, 5.74) is 1.96. The highest BCUT2D eigenvalue weighted by molar-refractivity contribution is 5.96. The molecule has 26 heavy (non-hydrogen) atoms. The molecule has 2 aromatic rings. The molecule has 0 amide bonds. The van der Waals surface area contributed by atoms with E-state index in [4.69, 9.17) is 0 Å². The monoisotopic (exact) mass is 346 g/mol. The van der Waals surface area contributed by atoms with Gasteiger partial charge in [0.25, 0.3) is 0 Å². The molecule has 0 radical (unpaired) electrons. The lowest BCUT2D eigenvalue weighted by atomic mass is 9.96. The molecular formula is C25H30O. The molecule has 0 aliphatic heterocycles. The van der Waals surface area contributed by atoms with Crippen molar-refractivity contribution in [3.8, 4) is 0 Å². The van der Waals surface area contributed by atoms with Crippen LogP contribution in [0.5, 0.6) is 0 Å². The van der Waals surface area contributed by atoms with Gasteiger partial charge in [-0.05, 0) is 18.4 Å². The van der Waals surface area contributed by atoms with Crippen molar-refractivity contribution in [2.75, 3.05) is 0 Å². The van der Waals surface area contributed by atoms with Crippen molar-refractivity contribution in [2.45, 2.75) is 45.4 Å². The number of benzene rings is 2. The van der Waals surface area contributed by atoms with Crippen LogP contribution in [0.2, 0.25) is 0 Å². The van der Waals surface area contributed by atoms with Gasteiger partial charge in [-0.3, -0.25) is 4.79 Å². The van der Waals surface area contributed by atoms with Gasteiger partial charge in [-0.2, -0.15) is 0 Å². The predicted octanol–water partition coefficient (Wildman–Crippen LogP) is 7.12. The van der Waals surface area contributed by atoms with Crippen molar-refractivity contribution >= 4 is 11.9 Å². The molecule has 0 aliphatic carbocycles. The van der Waals surface area contributed by atoms with E-state index in [0.29, 0.717) is 6.42 Å². The van der Waals surface area contributed by atoms with Crippen LogP contribution in [-0.2, 0) is 0 Å². The Hall–Kier alpha value is -2.41. The van der Waals surface area contributed by atoms with Gasteiger partial charge in [-0.25, -0.2) is 0 Å². The van der Waals surface area contributed by atoms with Crippen molar-refractivity contribution in [3.63, 3.8) is 0 Å². The molecule has 0 fully saturated rings. The second-order valence-corrected chi connectivity index (χ2v) is 6.70. The van der Waals surface area contributed by atoms with Crippen LogP contribution in [0.3, 0.4) is 0 Å². The summed E-state index contributed by atoms with van der Waals surface area (Å²) in [6, 6.07) is 19.8. The van der Waals surface area contributed by atoms with Crippen molar-refractivity contribution in [1.29, 1.82) is 0 Å². The van der Waals surface area contributed by atoms with Gasteiger partial charge in [-0.15, -0.1) is 0 Å². The first-order valence-electron chi connectivity index (χ1n) is 9.77. The fraction of sp³-hybridized carbons (Fsp3) is 0.320. The lowest BCUT2D eigenvalue weighted by Crippen LogP contribution is -2.05. The minimum absolute atomic E-state index is 0.133. The number of hydrogen-bond acceptors (Lipinski definition) is 1. The van der Waals surface area contributed by atoms with E-state index in [1.807, 2.05) is 48.5 Å². The molecule has 0 unspecified atom stereocenters. The fourth-order valence-electron chi connectivity index (χ4n) is 2.92. The van der Waals surface area contributed by atoms with Crippen LogP contribution in [0.15, 0.2) is 78.9 Å². The van der Waals surface area contributed by atoms with E-state index in [-0.39, 0.29) is 11.7 Å². The van der Waals surface area contributed by atoms with E-state index < -0.39 is 0 Å². The van der Waals surface area contributed by atoms with Crippen molar-refractivity contribution in [2.24, 2.45) is 5.92 Å². The van der Waals surface area contributed by atoms with Crippen molar-refractivity contribution in [1.82, 2.24) is 0 Å². The van der Waals surface area contributed by atoms with Gasteiger partial charge >= 0.3 is 0 Å². The number of carbonyl (C=O) groups excluding carboxylic acids is 1. The summed E-state index contributed by atoms with van der Waals surface area (Å²) in [5, 5.41) is 0. The first-order chi connectivity index (χ1) is 12.8. The number of carbonyl (C=O) groups is 1. The summed E-state index contributed by atoms with van der Waals surface area (Å²) in [6.07, 6.45) is 15.4. The molecule has 0 bridgehead atoms. The van der Waals surface area contributed by atoms with Crippen LogP contribution < -0.4 is 0 Å². The third kappa shape index (κ3) is 7.65. The van der Waals surface area contributed by atoms with E-state index >= 15 is 0 Å². The molecule has 0 heterocycles. The topological polar surface area (TPSA) is 17.1 Å². The average molecular weight is 347 g/mol. The molecule has 1 nitrogen and oxygen atoms in total. The van der Waals surface area contributed by atoms with Crippen LogP contribution in [0.4, 0.5) is 0 Å². The molecule has 0 aromatic heterocycles. The summed E-state index contributed by atoms with van der Waals surface area (Å²) in [6.45, 7) is 2.23. The van der Waals surface area contributed by atoms with Gasteiger partial charge in [0.15, 0.2) is 5.78 Å². The molecule has 0 saturated carbocycles. The molecule has 1 atom stereocenters. The van der Waals surface area contributed by atoms with Gasteiger partial charge in [0, 0.05) is 17.9 Å². The molecule has 1 heteroatoms. The van der Waals surface area contributed by atoms with Gasteiger partial charge in [0.2, 0.25) is 0 Å². The van der Waals surface area contributed by atoms with E-state index in [9.17, 15) is 4.79 Å². The third-order valence-electron chi connectivity index (χ3n) is 4.46. The Kier molecular flexibility index (Phi) is 9.21. The van der Waals surface area contributed by atoms with E-state index in [1.54, 1.807) is 0 Å². The number of allylic oxidation sites excluding steroid dienone is 3. The van der Waals surface area contributed by atoms with Crippen LogP contribution in [0, 0.1) is 5.92 Å².